The lowest BCUT2D eigenvalue weighted by Crippen LogP contribution is -2.46. The number of nitrogens with zero attached hydrogens (tertiary/aromatic N) is 4. The standard InChI is InChI=1S/C20H19F2N5O/c1-13(16-4-5-23-11-20(16,21)22)17-9-26-18(10-25-17)15-3-2-14(8-19(15)28)27-7-6-24-12-27/h2-3,6-10,12,16,23,28H,1,4-5,11H2/t16-/m0/s1. The van der Waals surface area contributed by atoms with Crippen molar-refractivity contribution >= 4 is 5.57 Å². The van der Waals surface area contributed by atoms with E-state index < -0.39 is 11.8 Å². The quantitative estimate of drug-likeness (QED) is 0.723. The average molecular weight is 383 g/mol. The van der Waals surface area contributed by atoms with Crippen molar-refractivity contribution < 1.29 is 13.9 Å². The van der Waals surface area contributed by atoms with Gasteiger partial charge in [-0.2, -0.15) is 0 Å². The van der Waals surface area contributed by atoms with Crippen LogP contribution >= 0.6 is 0 Å². The first kappa shape index (κ1) is 18.2. The summed E-state index contributed by atoms with van der Waals surface area (Å²) in [5.41, 5.74) is 2.32. The van der Waals surface area contributed by atoms with Crippen LogP contribution in [0.5, 0.6) is 5.75 Å². The Morgan fingerprint density at radius 3 is 2.79 bits per heavy atom. The van der Waals surface area contributed by atoms with E-state index in [4.69, 9.17) is 0 Å². The number of allylic oxidation sites excluding steroid dienone is 1. The highest BCUT2D eigenvalue weighted by molar-refractivity contribution is 5.69. The number of imidazole rings is 1. The van der Waals surface area contributed by atoms with Crippen molar-refractivity contribution in [3.8, 4) is 22.7 Å². The summed E-state index contributed by atoms with van der Waals surface area (Å²) in [5.74, 6) is -3.79. The van der Waals surface area contributed by atoms with Gasteiger partial charge in [0.1, 0.15) is 5.75 Å². The minimum atomic E-state index is -2.86. The molecule has 1 aliphatic heterocycles. The summed E-state index contributed by atoms with van der Waals surface area (Å²) in [6, 6.07) is 5.14. The molecule has 1 aromatic carbocycles. The Labute approximate surface area is 160 Å². The molecule has 0 radical (unpaired) electrons. The number of benzene rings is 1. The second kappa shape index (κ2) is 7.12. The molecular weight excluding hydrogens is 364 g/mol. The first-order valence-corrected chi connectivity index (χ1v) is 8.87. The van der Waals surface area contributed by atoms with E-state index in [-0.39, 0.29) is 17.9 Å². The third-order valence-corrected chi connectivity index (χ3v) is 4.94. The number of rotatable bonds is 4. The normalized spacial score (nSPS) is 18.7. The number of phenolic OH excluding ortho intramolecular Hbond substituents is 1. The molecule has 0 unspecified atom stereocenters. The maximum atomic E-state index is 14.1. The van der Waals surface area contributed by atoms with Gasteiger partial charge in [-0.15, -0.1) is 0 Å². The zero-order valence-corrected chi connectivity index (χ0v) is 15.0. The van der Waals surface area contributed by atoms with E-state index in [1.54, 1.807) is 35.4 Å². The molecule has 3 aromatic rings. The largest absolute Gasteiger partial charge is 0.507 e. The van der Waals surface area contributed by atoms with E-state index in [9.17, 15) is 13.9 Å². The first-order valence-electron chi connectivity index (χ1n) is 8.87. The number of hydrogen-bond acceptors (Lipinski definition) is 5. The van der Waals surface area contributed by atoms with Gasteiger partial charge in [-0.3, -0.25) is 9.97 Å². The number of alkyl halides is 2. The molecule has 0 saturated carbocycles. The third kappa shape index (κ3) is 3.38. The van der Waals surface area contributed by atoms with E-state index in [0.717, 1.165) is 5.69 Å². The minimum absolute atomic E-state index is 0.0389. The predicted molar refractivity (Wildman–Crippen MR) is 101 cm³/mol. The Bertz CT molecular complexity index is 986. The van der Waals surface area contributed by atoms with E-state index in [1.807, 2.05) is 6.07 Å². The third-order valence-electron chi connectivity index (χ3n) is 4.94. The van der Waals surface area contributed by atoms with Crippen LogP contribution in [0.4, 0.5) is 8.78 Å². The first-order chi connectivity index (χ1) is 13.5. The van der Waals surface area contributed by atoms with Crippen LogP contribution in [0.15, 0.2) is 55.9 Å². The van der Waals surface area contributed by atoms with Gasteiger partial charge < -0.3 is 15.0 Å². The van der Waals surface area contributed by atoms with Crippen LogP contribution in [-0.2, 0) is 0 Å². The van der Waals surface area contributed by atoms with Gasteiger partial charge in [0, 0.05) is 24.0 Å². The predicted octanol–water partition coefficient (Wildman–Crippen LogP) is 3.29. The Kier molecular flexibility index (Phi) is 4.64. The van der Waals surface area contributed by atoms with Gasteiger partial charge in [0.2, 0.25) is 0 Å². The fourth-order valence-corrected chi connectivity index (χ4v) is 3.39. The molecular formula is C20H19F2N5O. The maximum absolute atomic E-state index is 14.1. The number of phenols is 1. The lowest BCUT2D eigenvalue weighted by Gasteiger charge is -2.32. The van der Waals surface area contributed by atoms with Crippen LogP contribution in [-0.4, -0.2) is 43.6 Å². The maximum Gasteiger partial charge on any atom is 0.267 e. The molecule has 144 valence electrons. The number of aromatic nitrogens is 4. The second-order valence-electron chi connectivity index (χ2n) is 6.76. The number of piperidine rings is 1. The van der Waals surface area contributed by atoms with Gasteiger partial charge >= 0.3 is 0 Å². The van der Waals surface area contributed by atoms with Gasteiger partial charge in [-0.05, 0) is 30.7 Å². The Morgan fingerprint density at radius 2 is 2.14 bits per heavy atom. The average Bonchev–Trinajstić information content (AvgIpc) is 3.22. The molecule has 1 saturated heterocycles. The SMILES string of the molecule is C=C(c1cnc(-c2ccc(-n3ccnc3)cc2O)cn1)[C@@H]1CCNCC1(F)F. The van der Waals surface area contributed by atoms with Gasteiger partial charge in [0.25, 0.3) is 5.92 Å². The zero-order valence-electron chi connectivity index (χ0n) is 15.0. The fourth-order valence-electron chi connectivity index (χ4n) is 3.39. The molecule has 0 spiro atoms. The molecule has 8 heteroatoms. The highest BCUT2D eigenvalue weighted by Crippen LogP contribution is 2.38. The second-order valence-corrected chi connectivity index (χ2v) is 6.76. The number of halogens is 2. The molecule has 2 aromatic heterocycles. The Balaban J connectivity index is 1.57. The molecule has 2 N–H and O–H groups in total. The molecule has 0 amide bonds. The molecule has 1 atom stereocenters. The summed E-state index contributed by atoms with van der Waals surface area (Å²) in [7, 11) is 0. The number of nitrogens with one attached hydrogen (secondary N) is 1. The van der Waals surface area contributed by atoms with Gasteiger partial charge in [-0.25, -0.2) is 13.8 Å². The summed E-state index contributed by atoms with van der Waals surface area (Å²) in [6.45, 7) is 3.99. The van der Waals surface area contributed by atoms with E-state index in [0.29, 0.717) is 29.9 Å². The zero-order chi connectivity index (χ0) is 19.7. The monoisotopic (exact) mass is 383 g/mol. The van der Waals surface area contributed by atoms with Crippen LogP contribution in [0.3, 0.4) is 0 Å². The van der Waals surface area contributed by atoms with E-state index >= 15 is 0 Å². The highest BCUT2D eigenvalue weighted by Gasteiger charge is 2.43. The molecule has 1 aliphatic rings. The number of hydrogen-bond donors (Lipinski definition) is 2. The van der Waals surface area contributed by atoms with Crippen molar-refractivity contribution in [3.05, 3.63) is 61.6 Å². The van der Waals surface area contributed by atoms with Crippen LogP contribution in [0.25, 0.3) is 22.5 Å². The van der Waals surface area contributed by atoms with Crippen molar-refractivity contribution in [1.29, 1.82) is 0 Å². The summed E-state index contributed by atoms with van der Waals surface area (Å²) in [5, 5.41) is 13.1. The smallest absolute Gasteiger partial charge is 0.267 e. The summed E-state index contributed by atoms with van der Waals surface area (Å²) >= 11 is 0. The van der Waals surface area contributed by atoms with Gasteiger partial charge in [0.05, 0.1) is 48.3 Å². The van der Waals surface area contributed by atoms with Crippen LogP contribution in [0, 0.1) is 5.92 Å². The van der Waals surface area contributed by atoms with Gasteiger partial charge in [-0.1, -0.05) is 6.58 Å². The lowest BCUT2D eigenvalue weighted by molar-refractivity contribution is -0.0508. The topological polar surface area (TPSA) is 75.9 Å². The van der Waals surface area contributed by atoms with Crippen molar-refractivity contribution in [2.75, 3.05) is 13.1 Å². The lowest BCUT2D eigenvalue weighted by atomic mass is 9.86. The molecule has 6 nitrogen and oxygen atoms in total. The Morgan fingerprint density at radius 1 is 1.29 bits per heavy atom. The van der Waals surface area contributed by atoms with Crippen molar-refractivity contribution in [3.63, 3.8) is 0 Å². The van der Waals surface area contributed by atoms with Crippen LogP contribution in [0.1, 0.15) is 12.1 Å². The fraction of sp³-hybridized carbons (Fsp3) is 0.250. The number of aromatic hydroxyl groups is 1. The molecule has 0 bridgehead atoms. The molecule has 3 heterocycles. The minimum Gasteiger partial charge on any atom is -0.507 e. The van der Waals surface area contributed by atoms with E-state index in [1.165, 1.54) is 12.4 Å². The van der Waals surface area contributed by atoms with E-state index in [2.05, 4.69) is 26.8 Å². The Hall–Kier alpha value is -3.13. The summed E-state index contributed by atoms with van der Waals surface area (Å²) in [6.07, 6.45) is 8.24. The molecule has 4 rings (SSSR count). The highest BCUT2D eigenvalue weighted by atomic mass is 19.3. The van der Waals surface area contributed by atoms with Crippen molar-refractivity contribution in [2.24, 2.45) is 5.92 Å². The van der Waals surface area contributed by atoms with Crippen molar-refractivity contribution in [2.45, 2.75) is 12.3 Å². The van der Waals surface area contributed by atoms with Crippen LogP contribution < -0.4 is 5.32 Å². The van der Waals surface area contributed by atoms with Crippen molar-refractivity contribution in [1.82, 2.24) is 24.8 Å². The van der Waals surface area contributed by atoms with Crippen LogP contribution in [0.2, 0.25) is 0 Å². The summed E-state index contributed by atoms with van der Waals surface area (Å²) in [4.78, 5) is 12.5. The molecule has 0 aliphatic carbocycles. The molecule has 1 fully saturated rings. The summed E-state index contributed by atoms with van der Waals surface area (Å²) < 4.78 is 30.1. The molecule has 28 heavy (non-hydrogen) atoms. The van der Waals surface area contributed by atoms with Gasteiger partial charge in [0.15, 0.2) is 0 Å².